The van der Waals surface area contributed by atoms with Crippen LogP contribution in [0, 0.1) is 19.8 Å². The summed E-state index contributed by atoms with van der Waals surface area (Å²) < 4.78 is 35.4. The van der Waals surface area contributed by atoms with Gasteiger partial charge >= 0.3 is 0 Å². The maximum Gasteiger partial charge on any atom is 0.264 e. The van der Waals surface area contributed by atoms with Crippen LogP contribution >= 0.6 is 0 Å². The molecule has 2 amide bonds. The molecule has 0 radical (unpaired) electrons. The number of hydrogen-bond acceptors (Lipinski definition) is 5. The van der Waals surface area contributed by atoms with Crippen molar-refractivity contribution < 1.29 is 22.7 Å². The van der Waals surface area contributed by atoms with Crippen molar-refractivity contribution in [3.05, 3.63) is 120 Å². The van der Waals surface area contributed by atoms with Gasteiger partial charge in [0.05, 0.1) is 10.6 Å². The fraction of sp³-hybridized carbons (Fsp3) is 0.297. The Hall–Kier alpha value is -4.63. The number of amides is 2. The molecular weight excluding hydrogens is 598 g/mol. The normalized spacial score (nSPS) is 12.0. The minimum absolute atomic E-state index is 0.0577. The molecule has 0 aliphatic rings. The Morgan fingerprint density at radius 2 is 1.35 bits per heavy atom. The van der Waals surface area contributed by atoms with Crippen molar-refractivity contribution in [3.63, 3.8) is 0 Å². The topological polar surface area (TPSA) is 96.0 Å². The Balaban J connectivity index is 1.71. The fourth-order valence-corrected chi connectivity index (χ4v) is 6.32. The van der Waals surface area contributed by atoms with Gasteiger partial charge in [-0.1, -0.05) is 86.5 Å². The van der Waals surface area contributed by atoms with Crippen LogP contribution in [0.15, 0.2) is 108 Å². The number of benzene rings is 4. The van der Waals surface area contributed by atoms with Gasteiger partial charge in [0.2, 0.25) is 11.8 Å². The van der Waals surface area contributed by atoms with Crippen LogP contribution < -0.4 is 14.4 Å². The van der Waals surface area contributed by atoms with E-state index in [-0.39, 0.29) is 23.3 Å². The standard InChI is InChI=1S/C37H43N3O5S/c1-6-35(37(42)38-24-27(2)3)39(25-30-16-12-28(4)13-17-30)36(41)26-40(46(43,44)34-22-14-29(5)15-23-34)31-18-20-33(21-19-31)45-32-10-8-7-9-11-32/h7-23,27,35H,6,24-26H2,1-5H3,(H,38,42). The molecule has 1 atom stereocenters. The molecule has 4 aromatic rings. The van der Waals surface area contributed by atoms with Crippen molar-refractivity contribution in [2.45, 2.75) is 58.5 Å². The zero-order valence-corrected chi connectivity index (χ0v) is 28.0. The first-order valence-electron chi connectivity index (χ1n) is 15.5. The van der Waals surface area contributed by atoms with Crippen molar-refractivity contribution in [2.75, 3.05) is 17.4 Å². The van der Waals surface area contributed by atoms with E-state index in [0.29, 0.717) is 30.2 Å². The average molecular weight is 642 g/mol. The number of carbonyl (C=O) groups is 2. The van der Waals surface area contributed by atoms with Crippen LogP contribution in [0.2, 0.25) is 0 Å². The first-order valence-corrected chi connectivity index (χ1v) is 17.0. The van der Waals surface area contributed by atoms with Gasteiger partial charge in [-0.25, -0.2) is 8.42 Å². The largest absolute Gasteiger partial charge is 0.457 e. The van der Waals surface area contributed by atoms with Crippen LogP contribution in [0.4, 0.5) is 5.69 Å². The summed E-state index contributed by atoms with van der Waals surface area (Å²) >= 11 is 0. The van der Waals surface area contributed by atoms with E-state index in [4.69, 9.17) is 4.74 Å². The number of para-hydroxylation sites is 1. The maximum atomic E-state index is 14.3. The molecule has 1 N–H and O–H groups in total. The fourth-order valence-electron chi connectivity index (χ4n) is 4.90. The number of aryl methyl sites for hydroxylation is 2. The van der Waals surface area contributed by atoms with E-state index in [1.54, 1.807) is 36.4 Å². The number of nitrogens with one attached hydrogen (secondary N) is 1. The number of rotatable bonds is 14. The molecule has 9 heteroatoms. The van der Waals surface area contributed by atoms with Gasteiger partial charge < -0.3 is 15.0 Å². The molecule has 242 valence electrons. The molecule has 8 nitrogen and oxygen atoms in total. The van der Waals surface area contributed by atoms with Crippen molar-refractivity contribution in [1.29, 1.82) is 0 Å². The van der Waals surface area contributed by atoms with Crippen LogP contribution in [-0.4, -0.2) is 44.3 Å². The molecule has 0 heterocycles. The number of hydrogen-bond donors (Lipinski definition) is 1. The third kappa shape index (κ3) is 8.97. The van der Waals surface area contributed by atoms with Gasteiger partial charge in [-0.15, -0.1) is 0 Å². The molecule has 46 heavy (non-hydrogen) atoms. The van der Waals surface area contributed by atoms with Gasteiger partial charge in [0.25, 0.3) is 10.0 Å². The third-order valence-corrected chi connectivity index (χ3v) is 9.32. The van der Waals surface area contributed by atoms with Crippen LogP contribution in [0.1, 0.15) is 43.9 Å². The summed E-state index contributed by atoms with van der Waals surface area (Å²) in [5, 5.41) is 2.96. The zero-order valence-electron chi connectivity index (χ0n) is 27.1. The van der Waals surface area contributed by atoms with Crippen molar-refractivity contribution in [2.24, 2.45) is 5.92 Å². The molecule has 4 rings (SSSR count). The second-order valence-electron chi connectivity index (χ2n) is 11.8. The number of ether oxygens (including phenoxy) is 1. The predicted molar refractivity (Wildman–Crippen MR) is 182 cm³/mol. The summed E-state index contributed by atoms with van der Waals surface area (Å²) in [5.74, 6) is 0.622. The minimum atomic E-state index is -4.18. The Morgan fingerprint density at radius 1 is 0.783 bits per heavy atom. The van der Waals surface area contributed by atoms with Crippen LogP contribution in [0.25, 0.3) is 0 Å². The molecule has 0 fully saturated rings. The number of carbonyl (C=O) groups excluding carboxylic acids is 2. The van der Waals surface area contributed by atoms with E-state index < -0.39 is 28.5 Å². The Morgan fingerprint density at radius 3 is 1.91 bits per heavy atom. The summed E-state index contributed by atoms with van der Waals surface area (Å²) in [6.07, 6.45) is 0.359. The second kappa shape index (κ2) is 15.6. The van der Waals surface area contributed by atoms with Gasteiger partial charge in [0.15, 0.2) is 0 Å². The first-order chi connectivity index (χ1) is 22.0. The highest BCUT2D eigenvalue weighted by Gasteiger charge is 2.33. The lowest BCUT2D eigenvalue weighted by molar-refractivity contribution is -0.140. The Bertz CT molecular complexity index is 1690. The summed E-state index contributed by atoms with van der Waals surface area (Å²) in [5.41, 5.74) is 3.11. The predicted octanol–water partition coefficient (Wildman–Crippen LogP) is 6.87. The zero-order chi connectivity index (χ0) is 33.3. The van der Waals surface area contributed by atoms with E-state index in [0.717, 1.165) is 21.0 Å². The number of sulfonamides is 1. The highest BCUT2D eigenvalue weighted by molar-refractivity contribution is 7.92. The molecule has 0 spiro atoms. The highest BCUT2D eigenvalue weighted by atomic mass is 32.2. The van der Waals surface area contributed by atoms with Crippen molar-refractivity contribution in [1.82, 2.24) is 10.2 Å². The second-order valence-corrected chi connectivity index (χ2v) is 13.7. The lowest BCUT2D eigenvalue weighted by Gasteiger charge is -2.33. The summed E-state index contributed by atoms with van der Waals surface area (Å²) in [6.45, 7) is 9.81. The van der Waals surface area contributed by atoms with Crippen LogP contribution in [0.3, 0.4) is 0 Å². The van der Waals surface area contributed by atoms with Crippen LogP contribution in [-0.2, 0) is 26.2 Å². The maximum absolute atomic E-state index is 14.3. The van der Waals surface area contributed by atoms with Crippen molar-refractivity contribution >= 4 is 27.5 Å². The smallest absolute Gasteiger partial charge is 0.264 e. The molecule has 0 aliphatic carbocycles. The monoisotopic (exact) mass is 641 g/mol. The van der Waals surface area contributed by atoms with E-state index in [9.17, 15) is 18.0 Å². The van der Waals surface area contributed by atoms with Gasteiger partial charge in [0, 0.05) is 13.1 Å². The summed E-state index contributed by atoms with van der Waals surface area (Å²) in [4.78, 5) is 29.3. The van der Waals surface area contributed by atoms with E-state index >= 15 is 0 Å². The molecule has 0 saturated heterocycles. The van der Waals surface area contributed by atoms with E-state index in [1.807, 2.05) is 89.2 Å². The van der Waals surface area contributed by atoms with Gasteiger partial charge in [0.1, 0.15) is 24.1 Å². The summed E-state index contributed by atoms with van der Waals surface area (Å²) in [6, 6.07) is 29.3. The van der Waals surface area contributed by atoms with E-state index in [1.165, 1.54) is 17.0 Å². The lowest BCUT2D eigenvalue weighted by Crippen LogP contribution is -2.52. The lowest BCUT2D eigenvalue weighted by atomic mass is 10.1. The molecule has 0 aromatic heterocycles. The molecule has 0 saturated carbocycles. The number of nitrogens with zero attached hydrogens (tertiary/aromatic N) is 2. The van der Waals surface area contributed by atoms with Gasteiger partial charge in [-0.2, -0.15) is 0 Å². The highest BCUT2D eigenvalue weighted by Crippen LogP contribution is 2.29. The average Bonchev–Trinajstić information content (AvgIpc) is 3.04. The number of anilines is 1. The van der Waals surface area contributed by atoms with Crippen LogP contribution in [0.5, 0.6) is 11.5 Å². The molecule has 0 bridgehead atoms. The van der Waals surface area contributed by atoms with Crippen molar-refractivity contribution in [3.8, 4) is 11.5 Å². The molecular formula is C37H43N3O5S. The minimum Gasteiger partial charge on any atom is -0.457 e. The van der Waals surface area contributed by atoms with Gasteiger partial charge in [-0.3, -0.25) is 13.9 Å². The summed E-state index contributed by atoms with van der Waals surface area (Å²) in [7, 11) is -4.18. The van der Waals surface area contributed by atoms with Gasteiger partial charge in [-0.05, 0) is 80.3 Å². The quantitative estimate of drug-likeness (QED) is 0.162. The SMILES string of the molecule is CCC(C(=O)NCC(C)C)N(Cc1ccc(C)cc1)C(=O)CN(c1ccc(Oc2ccccc2)cc1)S(=O)(=O)c1ccc(C)cc1. The first kappa shape index (κ1) is 34.2. The molecule has 0 aliphatic heterocycles. The third-order valence-electron chi connectivity index (χ3n) is 7.54. The Labute approximate surface area is 273 Å². The Kier molecular flexibility index (Phi) is 11.6. The molecule has 1 unspecified atom stereocenters. The van der Waals surface area contributed by atoms with E-state index in [2.05, 4.69) is 5.32 Å². The molecule has 4 aromatic carbocycles.